The van der Waals surface area contributed by atoms with Gasteiger partial charge in [-0.3, -0.25) is 4.90 Å². The van der Waals surface area contributed by atoms with E-state index in [1.807, 2.05) is 18.2 Å². The van der Waals surface area contributed by atoms with Crippen molar-refractivity contribution in [2.45, 2.75) is 43.4 Å². The van der Waals surface area contributed by atoms with E-state index in [1.54, 1.807) is 12.1 Å². The van der Waals surface area contributed by atoms with E-state index >= 15 is 4.39 Å². The molecule has 2 N–H and O–H groups in total. The fraction of sp³-hybridized carbons (Fsp3) is 0.435. The standard InChI is InChI=1S/C23H27FN2O2/c24-23(16-25-21-14-20(21)17-6-2-1-3-7-17)10-12-26(13-11-23)15-18-8-4-5-9-19(18)22(27)28/h1-9,20-21,25H,10-16H2,(H,27,28)/t20-,21+/m0/s1. The number of carboxylic acid groups (broad SMARTS) is 1. The van der Waals surface area contributed by atoms with Crippen molar-refractivity contribution in [3.05, 3.63) is 71.3 Å². The van der Waals surface area contributed by atoms with Crippen LogP contribution < -0.4 is 5.32 Å². The van der Waals surface area contributed by atoms with E-state index in [4.69, 9.17) is 0 Å². The summed E-state index contributed by atoms with van der Waals surface area (Å²) in [6.07, 6.45) is 2.05. The molecule has 0 radical (unpaired) electrons. The number of hydrogen-bond donors (Lipinski definition) is 2. The first-order chi connectivity index (χ1) is 13.5. The molecule has 0 bridgehead atoms. The summed E-state index contributed by atoms with van der Waals surface area (Å²) < 4.78 is 15.2. The van der Waals surface area contributed by atoms with Crippen LogP contribution in [0.25, 0.3) is 0 Å². The average Bonchev–Trinajstić information content (AvgIpc) is 3.49. The second kappa shape index (κ2) is 8.02. The molecule has 1 aliphatic carbocycles. The smallest absolute Gasteiger partial charge is 0.336 e. The number of aromatic carboxylic acids is 1. The van der Waals surface area contributed by atoms with Crippen LogP contribution in [0.1, 0.15) is 46.7 Å². The Morgan fingerprint density at radius 1 is 1.11 bits per heavy atom. The Hall–Kier alpha value is -2.24. The monoisotopic (exact) mass is 382 g/mol. The van der Waals surface area contributed by atoms with E-state index in [-0.39, 0.29) is 0 Å². The van der Waals surface area contributed by atoms with Crippen LogP contribution in [0.5, 0.6) is 0 Å². The van der Waals surface area contributed by atoms with E-state index in [2.05, 4.69) is 34.5 Å². The number of likely N-dealkylation sites (tertiary alicyclic amines) is 1. The number of nitrogens with one attached hydrogen (secondary N) is 1. The second-order valence-electron chi connectivity index (χ2n) is 8.13. The van der Waals surface area contributed by atoms with Crippen molar-refractivity contribution in [1.29, 1.82) is 0 Å². The van der Waals surface area contributed by atoms with Gasteiger partial charge in [0, 0.05) is 38.1 Å². The van der Waals surface area contributed by atoms with Gasteiger partial charge in [0.1, 0.15) is 5.67 Å². The lowest BCUT2D eigenvalue weighted by Crippen LogP contribution is -2.47. The molecule has 2 aliphatic rings. The highest BCUT2D eigenvalue weighted by atomic mass is 19.1. The molecular weight excluding hydrogens is 355 g/mol. The molecule has 148 valence electrons. The lowest BCUT2D eigenvalue weighted by molar-refractivity contribution is 0.0536. The van der Waals surface area contributed by atoms with Gasteiger partial charge in [0.25, 0.3) is 0 Å². The molecule has 0 spiro atoms. The van der Waals surface area contributed by atoms with Gasteiger partial charge in [-0.1, -0.05) is 48.5 Å². The molecule has 4 nitrogen and oxygen atoms in total. The van der Waals surface area contributed by atoms with E-state index in [1.165, 1.54) is 5.56 Å². The number of carboxylic acids is 1. The summed E-state index contributed by atoms with van der Waals surface area (Å²) in [7, 11) is 0. The van der Waals surface area contributed by atoms with E-state index in [9.17, 15) is 9.90 Å². The molecule has 0 amide bonds. The highest BCUT2D eigenvalue weighted by Crippen LogP contribution is 2.41. The van der Waals surface area contributed by atoms with Crippen LogP contribution in [0.2, 0.25) is 0 Å². The maximum Gasteiger partial charge on any atom is 0.336 e. The summed E-state index contributed by atoms with van der Waals surface area (Å²) in [5, 5.41) is 12.8. The van der Waals surface area contributed by atoms with Gasteiger partial charge in [-0.25, -0.2) is 9.18 Å². The average molecular weight is 382 g/mol. The Morgan fingerprint density at radius 3 is 2.50 bits per heavy atom. The Labute approximate surface area is 165 Å². The first-order valence-corrected chi connectivity index (χ1v) is 10.0. The number of carbonyl (C=O) groups is 1. The topological polar surface area (TPSA) is 52.6 Å². The molecule has 2 aromatic rings. The first kappa shape index (κ1) is 19.1. The fourth-order valence-electron chi connectivity index (χ4n) is 4.20. The zero-order valence-electron chi connectivity index (χ0n) is 16.0. The highest BCUT2D eigenvalue weighted by Gasteiger charge is 2.41. The van der Waals surface area contributed by atoms with Crippen LogP contribution in [0, 0.1) is 0 Å². The van der Waals surface area contributed by atoms with Crippen LogP contribution in [0.15, 0.2) is 54.6 Å². The van der Waals surface area contributed by atoms with Gasteiger partial charge in [-0.05, 0) is 36.5 Å². The van der Waals surface area contributed by atoms with Crippen molar-refractivity contribution in [3.63, 3.8) is 0 Å². The fourth-order valence-corrected chi connectivity index (χ4v) is 4.20. The summed E-state index contributed by atoms with van der Waals surface area (Å²) in [5.41, 5.74) is 1.29. The van der Waals surface area contributed by atoms with Gasteiger partial charge in [-0.15, -0.1) is 0 Å². The van der Waals surface area contributed by atoms with Gasteiger partial charge in [0.05, 0.1) is 5.56 Å². The van der Waals surface area contributed by atoms with Crippen molar-refractivity contribution in [3.8, 4) is 0 Å². The lowest BCUT2D eigenvalue weighted by Gasteiger charge is -2.36. The molecule has 2 fully saturated rings. The third kappa shape index (κ3) is 4.42. The van der Waals surface area contributed by atoms with E-state index in [0.717, 1.165) is 12.0 Å². The number of rotatable bonds is 7. The number of nitrogens with zero attached hydrogens (tertiary/aromatic N) is 1. The minimum absolute atomic E-state index is 0.335. The third-order valence-electron chi connectivity index (χ3n) is 6.09. The quantitative estimate of drug-likeness (QED) is 0.764. The molecule has 0 unspecified atom stereocenters. The second-order valence-corrected chi connectivity index (χ2v) is 8.13. The molecular formula is C23H27FN2O2. The lowest BCUT2D eigenvalue weighted by atomic mass is 9.92. The summed E-state index contributed by atoms with van der Waals surface area (Å²) in [6, 6.07) is 17.9. The molecule has 2 atom stereocenters. The van der Waals surface area contributed by atoms with Crippen LogP contribution in [-0.2, 0) is 6.54 Å². The predicted octanol–water partition coefficient (Wildman–Crippen LogP) is 3.83. The number of piperidine rings is 1. The minimum atomic E-state index is -1.17. The van der Waals surface area contributed by atoms with Gasteiger partial charge in [0.15, 0.2) is 0 Å². The van der Waals surface area contributed by atoms with Gasteiger partial charge < -0.3 is 10.4 Å². The van der Waals surface area contributed by atoms with Gasteiger partial charge >= 0.3 is 5.97 Å². The van der Waals surface area contributed by atoms with Crippen molar-refractivity contribution in [2.75, 3.05) is 19.6 Å². The Morgan fingerprint density at radius 2 is 1.79 bits per heavy atom. The normalized spacial score (nSPS) is 24.0. The Kier molecular flexibility index (Phi) is 5.47. The molecule has 5 heteroatoms. The van der Waals surface area contributed by atoms with Gasteiger partial charge in [-0.2, -0.15) is 0 Å². The molecule has 1 heterocycles. The van der Waals surface area contributed by atoms with E-state index < -0.39 is 11.6 Å². The van der Waals surface area contributed by atoms with Crippen molar-refractivity contribution < 1.29 is 14.3 Å². The summed E-state index contributed by atoms with van der Waals surface area (Å²) in [6.45, 7) is 2.27. The maximum absolute atomic E-state index is 15.2. The largest absolute Gasteiger partial charge is 0.478 e. The predicted molar refractivity (Wildman–Crippen MR) is 107 cm³/mol. The third-order valence-corrected chi connectivity index (χ3v) is 6.09. The van der Waals surface area contributed by atoms with Crippen LogP contribution in [-0.4, -0.2) is 47.3 Å². The molecule has 4 rings (SSSR count). The Balaban J connectivity index is 1.25. The SMILES string of the molecule is O=C(O)c1ccccc1CN1CCC(F)(CN[C@@H]2C[C@H]2c2ccccc2)CC1. The Bertz CT molecular complexity index is 818. The number of alkyl halides is 1. The van der Waals surface area contributed by atoms with Crippen LogP contribution in [0.4, 0.5) is 4.39 Å². The van der Waals surface area contributed by atoms with E-state index in [0.29, 0.717) is 56.5 Å². The molecule has 1 aliphatic heterocycles. The number of halogens is 1. The molecule has 1 saturated heterocycles. The molecule has 28 heavy (non-hydrogen) atoms. The summed E-state index contributed by atoms with van der Waals surface area (Å²) in [5.74, 6) is -0.397. The minimum Gasteiger partial charge on any atom is -0.478 e. The first-order valence-electron chi connectivity index (χ1n) is 10.0. The van der Waals surface area contributed by atoms with Crippen LogP contribution in [0.3, 0.4) is 0 Å². The zero-order chi connectivity index (χ0) is 19.6. The molecule has 0 aromatic heterocycles. The van der Waals surface area contributed by atoms with Gasteiger partial charge in [0.2, 0.25) is 0 Å². The van der Waals surface area contributed by atoms with Crippen LogP contribution >= 0.6 is 0 Å². The van der Waals surface area contributed by atoms with Crippen molar-refractivity contribution in [2.24, 2.45) is 0 Å². The number of hydrogen-bond acceptors (Lipinski definition) is 3. The maximum atomic E-state index is 15.2. The highest BCUT2D eigenvalue weighted by molar-refractivity contribution is 5.89. The number of benzene rings is 2. The molecule has 1 saturated carbocycles. The summed E-state index contributed by atoms with van der Waals surface area (Å²) in [4.78, 5) is 13.5. The zero-order valence-corrected chi connectivity index (χ0v) is 16.0. The summed E-state index contributed by atoms with van der Waals surface area (Å²) >= 11 is 0. The molecule has 2 aromatic carbocycles. The van der Waals surface area contributed by atoms with Crippen molar-refractivity contribution >= 4 is 5.97 Å². The van der Waals surface area contributed by atoms with Crippen molar-refractivity contribution in [1.82, 2.24) is 10.2 Å².